The van der Waals surface area contributed by atoms with Crippen LogP contribution in [-0.4, -0.2) is 15.0 Å². The highest BCUT2D eigenvalue weighted by Gasteiger charge is 2.05. The molecular formula is C12H10N4S. The number of fused-ring (bicyclic) bond motifs is 1. The maximum atomic E-state index is 5.65. The summed E-state index contributed by atoms with van der Waals surface area (Å²) in [4.78, 5) is 12.9. The van der Waals surface area contributed by atoms with Gasteiger partial charge in [-0.1, -0.05) is 0 Å². The van der Waals surface area contributed by atoms with Gasteiger partial charge in [0, 0.05) is 11.8 Å². The van der Waals surface area contributed by atoms with Gasteiger partial charge in [0.2, 0.25) is 0 Å². The van der Waals surface area contributed by atoms with E-state index in [2.05, 4.69) is 15.0 Å². The molecule has 0 aliphatic heterocycles. The van der Waals surface area contributed by atoms with E-state index in [0.29, 0.717) is 11.6 Å². The highest BCUT2D eigenvalue weighted by molar-refractivity contribution is 7.18. The first-order valence-corrected chi connectivity index (χ1v) is 6.00. The first-order chi connectivity index (χ1) is 8.22. The number of hydrogen-bond acceptors (Lipinski definition) is 5. The van der Waals surface area contributed by atoms with E-state index in [4.69, 9.17) is 5.73 Å². The fourth-order valence-corrected chi connectivity index (χ4v) is 2.50. The van der Waals surface area contributed by atoms with Crippen LogP contribution in [0.15, 0.2) is 30.5 Å². The Labute approximate surface area is 102 Å². The van der Waals surface area contributed by atoms with E-state index >= 15 is 0 Å². The fraction of sp³-hybridized carbons (Fsp3) is 0.0833. The zero-order valence-electron chi connectivity index (χ0n) is 9.21. The van der Waals surface area contributed by atoms with Crippen molar-refractivity contribution in [1.82, 2.24) is 15.0 Å². The lowest BCUT2D eigenvalue weighted by Gasteiger charge is -2.00. The van der Waals surface area contributed by atoms with Gasteiger partial charge in [0.15, 0.2) is 5.82 Å². The van der Waals surface area contributed by atoms with Crippen molar-refractivity contribution in [2.75, 3.05) is 5.73 Å². The first kappa shape index (κ1) is 10.2. The zero-order chi connectivity index (χ0) is 11.8. The number of anilines is 1. The average molecular weight is 242 g/mol. The van der Waals surface area contributed by atoms with E-state index < -0.39 is 0 Å². The molecule has 2 aromatic heterocycles. The summed E-state index contributed by atoms with van der Waals surface area (Å²) in [5.41, 5.74) is 7.57. The number of nitrogens with two attached hydrogens (primary N) is 1. The molecule has 3 aromatic rings. The summed E-state index contributed by atoms with van der Waals surface area (Å²) in [6.07, 6.45) is 1.66. The molecule has 2 N–H and O–H groups in total. The number of nitrogens with zero attached hydrogens (tertiary/aromatic N) is 3. The molecule has 2 heterocycles. The minimum absolute atomic E-state index is 0.476. The van der Waals surface area contributed by atoms with Gasteiger partial charge in [0.05, 0.1) is 15.2 Å². The van der Waals surface area contributed by atoms with E-state index in [0.717, 1.165) is 16.1 Å². The summed E-state index contributed by atoms with van der Waals surface area (Å²) in [6, 6.07) is 7.71. The molecule has 0 bridgehead atoms. The van der Waals surface area contributed by atoms with Crippen LogP contribution in [0.2, 0.25) is 0 Å². The fourth-order valence-electron chi connectivity index (χ4n) is 1.69. The topological polar surface area (TPSA) is 64.7 Å². The average Bonchev–Trinajstić information content (AvgIpc) is 2.68. The number of aryl methyl sites for hydroxylation is 1. The van der Waals surface area contributed by atoms with Gasteiger partial charge in [0.1, 0.15) is 5.82 Å². The summed E-state index contributed by atoms with van der Waals surface area (Å²) in [5.74, 6) is 1.11. The van der Waals surface area contributed by atoms with Gasteiger partial charge >= 0.3 is 0 Å². The number of rotatable bonds is 1. The van der Waals surface area contributed by atoms with E-state index in [1.54, 1.807) is 23.6 Å². The molecule has 3 rings (SSSR count). The summed E-state index contributed by atoms with van der Waals surface area (Å²) >= 11 is 1.68. The van der Waals surface area contributed by atoms with Crippen LogP contribution in [0.5, 0.6) is 0 Å². The highest BCUT2D eigenvalue weighted by atomic mass is 32.1. The van der Waals surface area contributed by atoms with E-state index in [9.17, 15) is 0 Å². The number of hydrogen-bond donors (Lipinski definition) is 1. The van der Waals surface area contributed by atoms with Crippen molar-refractivity contribution < 1.29 is 0 Å². The lowest BCUT2D eigenvalue weighted by atomic mass is 10.2. The molecule has 0 unspecified atom stereocenters. The lowest BCUT2D eigenvalue weighted by Crippen LogP contribution is -1.94. The van der Waals surface area contributed by atoms with Crippen LogP contribution < -0.4 is 5.73 Å². The van der Waals surface area contributed by atoms with Crippen molar-refractivity contribution in [2.45, 2.75) is 6.92 Å². The summed E-state index contributed by atoms with van der Waals surface area (Å²) in [6.45, 7) is 2.00. The predicted molar refractivity (Wildman–Crippen MR) is 69.8 cm³/mol. The van der Waals surface area contributed by atoms with Gasteiger partial charge in [0.25, 0.3) is 0 Å². The summed E-state index contributed by atoms with van der Waals surface area (Å²) < 4.78 is 1.18. The molecule has 0 atom stereocenters. The Morgan fingerprint density at radius 3 is 2.88 bits per heavy atom. The second-order valence-electron chi connectivity index (χ2n) is 3.72. The van der Waals surface area contributed by atoms with Crippen molar-refractivity contribution >= 4 is 27.4 Å². The smallest absolute Gasteiger partial charge is 0.161 e. The highest BCUT2D eigenvalue weighted by Crippen LogP contribution is 2.26. The molecule has 0 saturated carbocycles. The molecule has 0 fully saturated rings. The Balaban J connectivity index is 2.17. The standard InChI is InChI=1S/C12H10N4S/c1-7-15-9-6-8(2-3-10(9)17-7)12-14-5-4-11(13)16-12/h2-6H,1H3,(H2,13,14,16). The van der Waals surface area contributed by atoms with Crippen LogP contribution in [0, 0.1) is 6.92 Å². The van der Waals surface area contributed by atoms with E-state index in [1.807, 2.05) is 25.1 Å². The van der Waals surface area contributed by atoms with Crippen LogP contribution in [0.25, 0.3) is 21.6 Å². The molecule has 1 aromatic carbocycles. The molecule has 0 aliphatic rings. The molecule has 0 radical (unpaired) electrons. The third-order valence-electron chi connectivity index (χ3n) is 2.43. The van der Waals surface area contributed by atoms with Crippen molar-refractivity contribution in [2.24, 2.45) is 0 Å². The SMILES string of the molecule is Cc1nc2cc(-c3nccc(N)n3)ccc2s1. The Morgan fingerprint density at radius 2 is 2.06 bits per heavy atom. The molecule has 0 spiro atoms. The summed E-state index contributed by atoms with van der Waals surface area (Å²) in [5, 5.41) is 1.06. The Morgan fingerprint density at radius 1 is 1.18 bits per heavy atom. The van der Waals surface area contributed by atoms with E-state index in [-0.39, 0.29) is 0 Å². The number of thiazole rings is 1. The van der Waals surface area contributed by atoms with Gasteiger partial charge in [-0.25, -0.2) is 15.0 Å². The largest absolute Gasteiger partial charge is 0.384 e. The number of nitrogen functional groups attached to an aromatic ring is 1. The van der Waals surface area contributed by atoms with Crippen molar-refractivity contribution in [3.63, 3.8) is 0 Å². The van der Waals surface area contributed by atoms with Crippen LogP contribution >= 0.6 is 11.3 Å². The minimum atomic E-state index is 0.476. The van der Waals surface area contributed by atoms with E-state index in [1.165, 1.54) is 4.70 Å². The number of benzene rings is 1. The molecule has 17 heavy (non-hydrogen) atoms. The third-order valence-corrected chi connectivity index (χ3v) is 3.38. The molecule has 84 valence electrons. The van der Waals surface area contributed by atoms with Crippen LogP contribution in [-0.2, 0) is 0 Å². The monoisotopic (exact) mass is 242 g/mol. The van der Waals surface area contributed by atoms with Crippen molar-refractivity contribution in [1.29, 1.82) is 0 Å². The van der Waals surface area contributed by atoms with Crippen LogP contribution in [0.3, 0.4) is 0 Å². The third kappa shape index (κ3) is 1.85. The molecule has 0 amide bonds. The van der Waals surface area contributed by atoms with Crippen LogP contribution in [0.4, 0.5) is 5.82 Å². The summed E-state index contributed by atoms with van der Waals surface area (Å²) in [7, 11) is 0. The molecular weight excluding hydrogens is 232 g/mol. The van der Waals surface area contributed by atoms with Crippen molar-refractivity contribution in [3.8, 4) is 11.4 Å². The second-order valence-corrected chi connectivity index (χ2v) is 4.96. The maximum absolute atomic E-state index is 5.65. The lowest BCUT2D eigenvalue weighted by molar-refractivity contribution is 1.18. The normalized spacial score (nSPS) is 10.9. The Kier molecular flexibility index (Phi) is 2.26. The van der Waals surface area contributed by atoms with Gasteiger partial charge in [-0.2, -0.15) is 0 Å². The predicted octanol–water partition coefficient (Wildman–Crippen LogP) is 2.64. The second kappa shape index (κ2) is 3.78. The Bertz CT molecular complexity index is 690. The molecule has 0 aliphatic carbocycles. The molecule has 4 nitrogen and oxygen atoms in total. The maximum Gasteiger partial charge on any atom is 0.161 e. The van der Waals surface area contributed by atoms with Gasteiger partial charge < -0.3 is 5.73 Å². The number of aromatic nitrogens is 3. The molecule has 0 saturated heterocycles. The van der Waals surface area contributed by atoms with Gasteiger partial charge in [-0.15, -0.1) is 11.3 Å². The van der Waals surface area contributed by atoms with Gasteiger partial charge in [-0.3, -0.25) is 0 Å². The van der Waals surface area contributed by atoms with Gasteiger partial charge in [-0.05, 0) is 31.2 Å². The Hall–Kier alpha value is -2.01. The molecule has 5 heteroatoms. The minimum Gasteiger partial charge on any atom is -0.384 e. The quantitative estimate of drug-likeness (QED) is 0.712. The van der Waals surface area contributed by atoms with Crippen molar-refractivity contribution in [3.05, 3.63) is 35.5 Å². The first-order valence-electron chi connectivity index (χ1n) is 5.18. The van der Waals surface area contributed by atoms with Crippen LogP contribution in [0.1, 0.15) is 5.01 Å². The zero-order valence-corrected chi connectivity index (χ0v) is 10.0.